The first-order valence-corrected chi connectivity index (χ1v) is 7.00. The van der Waals surface area contributed by atoms with Crippen molar-refractivity contribution in [1.82, 2.24) is 0 Å². The SMILES string of the molecule is Cc1cc(C(=O)Nc2cccc(C(C)C)c2)ccc1NN. The van der Waals surface area contributed by atoms with Crippen LogP contribution in [0.5, 0.6) is 0 Å². The van der Waals surface area contributed by atoms with Gasteiger partial charge in [0.1, 0.15) is 0 Å². The van der Waals surface area contributed by atoms with Gasteiger partial charge in [0.2, 0.25) is 0 Å². The minimum Gasteiger partial charge on any atom is -0.324 e. The molecule has 2 aromatic carbocycles. The summed E-state index contributed by atoms with van der Waals surface area (Å²) in [6.07, 6.45) is 0. The van der Waals surface area contributed by atoms with Crippen LogP contribution < -0.4 is 16.6 Å². The zero-order valence-electron chi connectivity index (χ0n) is 12.6. The molecular weight excluding hydrogens is 262 g/mol. The van der Waals surface area contributed by atoms with Crippen molar-refractivity contribution in [3.63, 3.8) is 0 Å². The Bertz CT molecular complexity index is 650. The van der Waals surface area contributed by atoms with Gasteiger partial charge in [-0.05, 0) is 54.3 Å². The fraction of sp³-hybridized carbons (Fsp3) is 0.235. The molecule has 1 amide bonds. The molecular formula is C17H21N3O. The van der Waals surface area contributed by atoms with E-state index in [4.69, 9.17) is 5.84 Å². The van der Waals surface area contributed by atoms with Crippen molar-refractivity contribution in [2.45, 2.75) is 26.7 Å². The van der Waals surface area contributed by atoms with Gasteiger partial charge in [-0.2, -0.15) is 0 Å². The first-order chi connectivity index (χ1) is 10.0. The number of hydrogen-bond donors (Lipinski definition) is 3. The maximum atomic E-state index is 12.3. The van der Waals surface area contributed by atoms with Crippen LogP contribution in [0, 0.1) is 6.92 Å². The number of rotatable bonds is 4. The summed E-state index contributed by atoms with van der Waals surface area (Å²) >= 11 is 0. The summed E-state index contributed by atoms with van der Waals surface area (Å²) in [5.41, 5.74) is 6.97. The number of anilines is 2. The molecule has 0 saturated heterocycles. The second-order valence-corrected chi connectivity index (χ2v) is 5.41. The normalized spacial score (nSPS) is 10.5. The molecule has 2 rings (SSSR count). The third kappa shape index (κ3) is 3.61. The lowest BCUT2D eigenvalue weighted by Gasteiger charge is -2.11. The second kappa shape index (κ2) is 6.41. The Hall–Kier alpha value is -2.33. The summed E-state index contributed by atoms with van der Waals surface area (Å²) in [6, 6.07) is 13.3. The van der Waals surface area contributed by atoms with Crippen LogP contribution in [-0.2, 0) is 0 Å². The molecule has 4 heteroatoms. The second-order valence-electron chi connectivity index (χ2n) is 5.41. The Morgan fingerprint density at radius 3 is 2.52 bits per heavy atom. The van der Waals surface area contributed by atoms with Gasteiger partial charge in [-0.15, -0.1) is 0 Å². The van der Waals surface area contributed by atoms with E-state index in [0.29, 0.717) is 11.5 Å². The molecule has 0 radical (unpaired) electrons. The molecule has 4 N–H and O–H groups in total. The molecule has 0 spiro atoms. The quantitative estimate of drug-likeness (QED) is 0.592. The number of nitrogen functional groups attached to an aromatic ring is 1. The highest BCUT2D eigenvalue weighted by Crippen LogP contribution is 2.20. The Morgan fingerprint density at radius 2 is 1.90 bits per heavy atom. The Balaban J connectivity index is 2.18. The van der Waals surface area contributed by atoms with E-state index < -0.39 is 0 Å². The van der Waals surface area contributed by atoms with E-state index >= 15 is 0 Å². The van der Waals surface area contributed by atoms with Gasteiger partial charge in [0.05, 0.1) is 5.69 Å². The van der Waals surface area contributed by atoms with E-state index in [1.54, 1.807) is 12.1 Å². The maximum Gasteiger partial charge on any atom is 0.255 e. The third-order valence-electron chi connectivity index (χ3n) is 3.46. The lowest BCUT2D eigenvalue weighted by Crippen LogP contribution is -2.13. The molecule has 4 nitrogen and oxygen atoms in total. The first kappa shape index (κ1) is 15.1. The Labute approximate surface area is 125 Å². The van der Waals surface area contributed by atoms with Crippen molar-refractivity contribution in [3.05, 3.63) is 59.2 Å². The summed E-state index contributed by atoms with van der Waals surface area (Å²) in [4.78, 5) is 12.3. The molecule has 110 valence electrons. The highest BCUT2D eigenvalue weighted by molar-refractivity contribution is 6.04. The summed E-state index contributed by atoms with van der Waals surface area (Å²) in [7, 11) is 0. The van der Waals surface area contributed by atoms with Crippen molar-refractivity contribution >= 4 is 17.3 Å². The predicted molar refractivity (Wildman–Crippen MR) is 87.5 cm³/mol. The number of hydrazine groups is 1. The standard InChI is InChI=1S/C17H21N3O/c1-11(2)13-5-4-6-15(10-13)19-17(21)14-7-8-16(20-18)12(3)9-14/h4-11,20H,18H2,1-3H3,(H,19,21). The first-order valence-electron chi connectivity index (χ1n) is 7.00. The average molecular weight is 283 g/mol. The molecule has 0 atom stereocenters. The summed E-state index contributed by atoms with van der Waals surface area (Å²) < 4.78 is 0. The number of hydrogen-bond acceptors (Lipinski definition) is 3. The van der Waals surface area contributed by atoms with Gasteiger partial charge >= 0.3 is 0 Å². The molecule has 0 saturated carbocycles. The van der Waals surface area contributed by atoms with Crippen LogP contribution in [0.1, 0.15) is 41.3 Å². The van der Waals surface area contributed by atoms with Gasteiger partial charge in [-0.1, -0.05) is 26.0 Å². The van der Waals surface area contributed by atoms with Gasteiger partial charge in [0.25, 0.3) is 5.91 Å². The zero-order chi connectivity index (χ0) is 15.4. The van der Waals surface area contributed by atoms with Crippen LogP contribution in [0.15, 0.2) is 42.5 Å². The predicted octanol–water partition coefficient (Wildman–Crippen LogP) is 3.66. The smallest absolute Gasteiger partial charge is 0.255 e. The molecule has 0 fully saturated rings. The van der Waals surface area contributed by atoms with E-state index in [9.17, 15) is 4.79 Å². The van der Waals surface area contributed by atoms with E-state index in [2.05, 4.69) is 30.7 Å². The minimum absolute atomic E-state index is 0.123. The van der Waals surface area contributed by atoms with E-state index in [-0.39, 0.29) is 5.91 Å². The number of aryl methyl sites for hydroxylation is 1. The van der Waals surface area contributed by atoms with Crippen LogP contribution >= 0.6 is 0 Å². The molecule has 0 aliphatic rings. The van der Waals surface area contributed by atoms with Gasteiger partial charge in [-0.25, -0.2) is 0 Å². The van der Waals surface area contributed by atoms with Crippen molar-refractivity contribution in [2.24, 2.45) is 5.84 Å². The summed E-state index contributed by atoms with van der Waals surface area (Å²) in [5, 5.41) is 2.93. The highest BCUT2D eigenvalue weighted by Gasteiger charge is 2.09. The molecule has 0 heterocycles. The minimum atomic E-state index is -0.123. The Kier molecular flexibility index (Phi) is 4.60. The van der Waals surface area contributed by atoms with Gasteiger partial charge in [-0.3, -0.25) is 10.6 Å². The molecule has 0 bridgehead atoms. The average Bonchev–Trinajstić information content (AvgIpc) is 2.47. The van der Waals surface area contributed by atoms with E-state index in [1.807, 2.05) is 31.2 Å². The number of benzene rings is 2. The molecule has 21 heavy (non-hydrogen) atoms. The molecule has 0 aromatic heterocycles. The Morgan fingerprint density at radius 1 is 1.14 bits per heavy atom. The lowest BCUT2D eigenvalue weighted by atomic mass is 10.0. The van der Waals surface area contributed by atoms with Crippen molar-refractivity contribution < 1.29 is 4.79 Å². The molecule has 0 aliphatic heterocycles. The number of carbonyl (C=O) groups excluding carboxylic acids is 1. The lowest BCUT2D eigenvalue weighted by molar-refractivity contribution is 0.102. The molecule has 0 aliphatic carbocycles. The van der Waals surface area contributed by atoms with Crippen molar-refractivity contribution in [1.29, 1.82) is 0 Å². The van der Waals surface area contributed by atoms with Crippen LogP contribution in [0.4, 0.5) is 11.4 Å². The van der Waals surface area contributed by atoms with Crippen molar-refractivity contribution in [3.8, 4) is 0 Å². The van der Waals surface area contributed by atoms with Crippen LogP contribution in [0.2, 0.25) is 0 Å². The van der Waals surface area contributed by atoms with Gasteiger partial charge in [0.15, 0.2) is 0 Å². The fourth-order valence-corrected chi connectivity index (χ4v) is 2.15. The van der Waals surface area contributed by atoms with Crippen molar-refractivity contribution in [2.75, 3.05) is 10.7 Å². The van der Waals surface area contributed by atoms with Gasteiger partial charge < -0.3 is 10.7 Å². The summed E-state index contributed by atoms with van der Waals surface area (Å²) in [6.45, 7) is 6.16. The fourth-order valence-electron chi connectivity index (χ4n) is 2.15. The third-order valence-corrected chi connectivity index (χ3v) is 3.46. The number of nitrogens with two attached hydrogens (primary N) is 1. The topological polar surface area (TPSA) is 67.2 Å². The summed E-state index contributed by atoms with van der Waals surface area (Å²) in [5.74, 6) is 5.70. The largest absolute Gasteiger partial charge is 0.324 e. The maximum absolute atomic E-state index is 12.3. The highest BCUT2D eigenvalue weighted by atomic mass is 16.1. The zero-order valence-corrected chi connectivity index (χ0v) is 12.6. The van der Waals surface area contributed by atoms with Crippen LogP contribution in [-0.4, -0.2) is 5.91 Å². The van der Waals surface area contributed by atoms with Crippen LogP contribution in [0.25, 0.3) is 0 Å². The number of nitrogens with one attached hydrogen (secondary N) is 2. The molecule has 0 unspecified atom stereocenters. The molecule has 2 aromatic rings. The van der Waals surface area contributed by atoms with E-state index in [1.165, 1.54) is 5.56 Å². The number of amides is 1. The van der Waals surface area contributed by atoms with Gasteiger partial charge in [0, 0.05) is 11.3 Å². The number of carbonyl (C=O) groups is 1. The van der Waals surface area contributed by atoms with Crippen LogP contribution in [0.3, 0.4) is 0 Å². The monoisotopic (exact) mass is 283 g/mol. The van der Waals surface area contributed by atoms with E-state index in [0.717, 1.165) is 16.9 Å².